The Balaban J connectivity index is 0.00000261. The number of likely N-dealkylation sites (tertiary alicyclic amines) is 1. The smallest absolute Gasteiger partial charge is 0.333 e. The largest absolute Gasteiger partial charge is 0.353 e. The molecule has 1 unspecified atom stereocenters. The number of nitro groups is 1. The Kier molecular flexibility index (Phi) is 7.05. The van der Waals surface area contributed by atoms with Crippen LogP contribution >= 0.6 is 12.4 Å². The molecule has 1 aromatic rings. The molecular formula is C17H29ClN6O3. The maximum atomic E-state index is 13.1. The predicted octanol–water partition coefficient (Wildman–Crippen LogP) is 1.71. The van der Waals surface area contributed by atoms with Crippen molar-refractivity contribution < 1.29 is 9.72 Å². The van der Waals surface area contributed by atoms with Gasteiger partial charge in [0.1, 0.15) is 11.7 Å². The average Bonchev–Trinajstić information content (AvgIpc) is 3.09. The average molecular weight is 401 g/mol. The first kappa shape index (κ1) is 21.4. The molecule has 9 nitrogen and oxygen atoms in total. The number of anilines is 1. The summed E-state index contributed by atoms with van der Waals surface area (Å²) in [5, 5.41) is 22.0. The minimum absolute atomic E-state index is 0. The highest BCUT2D eigenvalue weighted by molar-refractivity contribution is 5.85. The van der Waals surface area contributed by atoms with E-state index < -0.39 is 11.0 Å². The van der Waals surface area contributed by atoms with Crippen LogP contribution in [0.3, 0.4) is 0 Å². The second kappa shape index (κ2) is 8.88. The van der Waals surface area contributed by atoms with Gasteiger partial charge in [0.05, 0.1) is 4.92 Å². The molecule has 2 saturated heterocycles. The van der Waals surface area contributed by atoms with Crippen molar-refractivity contribution in [2.45, 2.75) is 39.2 Å². The van der Waals surface area contributed by atoms with Crippen LogP contribution in [0.25, 0.3) is 0 Å². The normalized spacial score (nSPS) is 23.1. The molecule has 0 bridgehead atoms. The van der Waals surface area contributed by atoms with Gasteiger partial charge in [0.15, 0.2) is 0 Å². The quantitative estimate of drug-likeness (QED) is 0.575. The van der Waals surface area contributed by atoms with Gasteiger partial charge >= 0.3 is 5.69 Å². The van der Waals surface area contributed by atoms with E-state index in [4.69, 9.17) is 0 Å². The first-order valence-corrected chi connectivity index (χ1v) is 9.36. The molecule has 27 heavy (non-hydrogen) atoms. The van der Waals surface area contributed by atoms with Crippen molar-refractivity contribution in [3.05, 3.63) is 15.8 Å². The summed E-state index contributed by atoms with van der Waals surface area (Å²) in [4.78, 5) is 25.9. The summed E-state index contributed by atoms with van der Waals surface area (Å²) in [7, 11) is 1.65. The number of nitrogens with zero attached hydrogens (tertiary/aromatic N) is 4. The van der Waals surface area contributed by atoms with Crippen molar-refractivity contribution in [2.75, 3.05) is 31.5 Å². The van der Waals surface area contributed by atoms with Crippen LogP contribution in [0.4, 0.5) is 11.5 Å². The van der Waals surface area contributed by atoms with E-state index in [1.165, 1.54) is 4.68 Å². The Bertz CT molecular complexity index is 680. The lowest BCUT2D eigenvalue weighted by Gasteiger charge is -2.26. The van der Waals surface area contributed by atoms with Crippen molar-refractivity contribution >= 4 is 29.8 Å². The molecule has 2 fully saturated rings. The summed E-state index contributed by atoms with van der Waals surface area (Å²) in [6, 6.07) is -0.487. The molecule has 0 aromatic carbocycles. The third-order valence-electron chi connectivity index (χ3n) is 5.72. The van der Waals surface area contributed by atoms with E-state index in [0.29, 0.717) is 29.8 Å². The molecule has 2 aliphatic rings. The van der Waals surface area contributed by atoms with Crippen molar-refractivity contribution in [3.8, 4) is 0 Å². The van der Waals surface area contributed by atoms with Gasteiger partial charge in [-0.15, -0.1) is 12.4 Å². The highest BCUT2D eigenvalue weighted by atomic mass is 35.5. The molecule has 2 aliphatic heterocycles. The van der Waals surface area contributed by atoms with Crippen molar-refractivity contribution in [1.29, 1.82) is 0 Å². The van der Waals surface area contributed by atoms with Gasteiger partial charge < -0.3 is 15.5 Å². The molecule has 1 aromatic heterocycles. The summed E-state index contributed by atoms with van der Waals surface area (Å²) in [6.45, 7) is 7.12. The van der Waals surface area contributed by atoms with Gasteiger partial charge in [-0.05, 0) is 51.1 Å². The lowest BCUT2D eigenvalue weighted by atomic mass is 9.92. The molecule has 2 N–H and O–H groups in total. The number of carbonyl (C=O) groups excluding carboxylic acids is 1. The molecule has 3 heterocycles. The van der Waals surface area contributed by atoms with E-state index in [-0.39, 0.29) is 24.0 Å². The fourth-order valence-corrected chi connectivity index (χ4v) is 4.19. The second-order valence-electron chi connectivity index (χ2n) is 7.35. The standard InChI is InChI=1S/C17H28N6O3.ClH/c1-4-14(19-16-15(23(25)26)11(2)20-21(16)3)17(24)22-7-5-12-9-18-10-13(12)6-8-22;/h12-14,18-19H,4-10H2,1-3H3;1H/t12-,13+,14?;. The Morgan fingerprint density at radius 2 is 1.96 bits per heavy atom. The molecule has 3 atom stereocenters. The summed E-state index contributed by atoms with van der Waals surface area (Å²) in [5.74, 6) is 1.63. The van der Waals surface area contributed by atoms with E-state index in [1.807, 2.05) is 11.8 Å². The Hall–Kier alpha value is -1.87. The molecule has 1 amide bonds. The number of nitrogens with one attached hydrogen (secondary N) is 2. The van der Waals surface area contributed by atoms with E-state index in [1.54, 1.807) is 14.0 Å². The van der Waals surface area contributed by atoms with Gasteiger partial charge in [-0.1, -0.05) is 6.92 Å². The number of amides is 1. The Labute approximate surface area is 165 Å². The number of carbonyl (C=O) groups is 1. The van der Waals surface area contributed by atoms with Crippen LogP contribution in [-0.2, 0) is 11.8 Å². The summed E-state index contributed by atoms with van der Waals surface area (Å²) in [6.07, 6.45) is 2.60. The van der Waals surface area contributed by atoms with Crippen molar-refractivity contribution in [1.82, 2.24) is 20.0 Å². The maximum Gasteiger partial charge on any atom is 0.333 e. The Morgan fingerprint density at radius 3 is 2.48 bits per heavy atom. The topological polar surface area (TPSA) is 105 Å². The fourth-order valence-electron chi connectivity index (χ4n) is 4.19. The summed E-state index contributed by atoms with van der Waals surface area (Å²) in [5.41, 5.74) is 0.285. The van der Waals surface area contributed by atoms with Crippen LogP contribution in [-0.4, -0.2) is 57.7 Å². The molecule has 0 spiro atoms. The highest BCUT2D eigenvalue weighted by Crippen LogP contribution is 2.30. The van der Waals surface area contributed by atoms with Gasteiger partial charge in [-0.2, -0.15) is 5.10 Å². The van der Waals surface area contributed by atoms with Crippen LogP contribution in [0.5, 0.6) is 0 Å². The molecular weight excluding hydrogens is 372 g/mol. The van der Waals surface area contributed by atoms with Gasteiger partial charge in [0.25, 0.3) is 0 Å². The fraction of sp³-hybridized carbons (Fsp3) is 0.765. The van der Waals surface area contributed by atoms with Gasteiger partial charge in [-0.3, -0.25) is 14.9 Å². The summed E-state index contributed by atoms with van der Waals surface area (Å²) < 4.78 is 1.45. The van der Waals surface area contributed by atoms with Gasteiger partial charge in [0.2, 0.25) is 11.7 Å². The number of hydrogen-bond donors (Lipinski definition) is 2. The highest BCUT2D eigenvalue weighted by Gasteiger charge is 2.34. The summed E-state index contributed by atoms with van der Waals surface area (Å²) >= 11 is 0. The number of halogens is 1. The first-order valence-electron chi connectivity index (χ1n) is 9.36. The van der Waals surface area contributed by atoms with Crippen LogP contribution in [0.15, 0.2) is 0 Å². The third kappa shape index (κ3) is 4.35. The minimum atomic E-state index is -0.487. The monoisotopic (exact) mass is 400 g/mol. The molecule has 3 rings (SSSR count). The predicted molar refractivity (Wildman–Crippen MR) is 105 cm³/mol. The molecule has 0 radical (unpaired) electrons. The lowest BCUT2D eigenvalue weighted by Crippen LogP contribution is -2.43. The van der Waals surface area contributed by atoms with Crippen LogP contribution in [0.1, 0.15) is 31.9 Å². The van der Waals surface area contributed by atoms with Crippen LogP contribution in [0, 0.1) is 28.9 Å². The number of rotatable bonds is 5. The molecule has 0 saturated carbocycles. The number of aromatic nitrogens is 2. The van der Waals surface area contributed by atoms with Gasteiger partial charge in [0, 0.05) is 20.1 Å². The molecule has 0 aliphatic carbocycles. The van der Waals surface area contributed by atoms with Crippen molar-refractivity contribution in [3.63, 3.8) is 0 Å². The van der Waals surface area contributed by atoms with E-state index >= 15 is 0 Å². The third-order valence-corrected chi connectivity index (χ3v) is 5.72. The number of aryl methyl sites for hydroxylation is 2. The minimum Gasteiger partial charge on any atom is -0.353 e. The maximum absolute atomic E-state index is 13.1. The van der Waals surface area contributed by atoms with E-state index in [2.05, 4.69) is 15.7 Å². The number of hydrogen-bond acceptors (Lipinski definition) is 6. The van der Waals surface area contributed by atoms with Crippen LogP contribution in [0.2, 0.25) is 0 Å². The van der Waals surface area contributed by atoms with E-state index in [0.717, 1.165) is 39.0 Å². The second-order valence-corrected chi connectivity index (χ2v) is 7.35. The Morgan fingerprint density at radius 1 is 1.37 bits per heavy atom. The zero-order valence-electron chi connectivity index (χ0n) is 16.1. The zero-order chi connectivity index (χ0) is 18.8. The first-order chi connectivity index (χ1) is 12.4. The zero-order valence-corrected chi connectivity index (χ0v) is 16.9. The lowest BCUT2D eigenvalue weighted by molar-refractivity contribution is -0.384. The molecule has 152 valence electrons. The molecule has 10 heteroatoms. The van der Waals surface area contributed by atoms with Crippen LogP contribution < -0.4 is 10.6 Å². The number of fused-ring (bicyclic) bond motifs is 1. The van der Waals surface area contributed by atoms with Crippen molar-refractivity contribution in [2.24, 2.45) is 18.9 Å². The van der Waals surface area contributed by atoms with Gasteiger partial charge in [-0.25, -0.2) is 4.68 Å². The SMILES string of the molecule is CCC(Nc1c([N+](=O)[O-])c(C)nn1C)C(=O)N1CC[C@@H]2CNC[C@@H]2CC1.Cl. The van der Waals surface area contributed by atoms with E-state index in [9.17, 15) is 14.9 Å².